The Morgan fingerprint density at radius 2 is 1.93 bits per heavy atom. The molecule has 1 rings (SSSR count). The highest BCUT2D eigenvalue weighted by atomic mass is 15.2. The molecule has 0 amide bonds. The zero-order valence-corrected chi connectivity index (χ0v) is 10.1. The van der Waals surface area contributed by atoms with Crippen molar-refractivity contribution >= 4 is 0 Å². The van der Waals surface area contributed by atoms with Crippen molar-refractivity contribution in [1.29, 1.82) is 0 Å². The molecule has 2 nitrogen and oxygen atoms in total. The van der Waals surface area contributed by atoms with E-state index in [2.05, 4.69) is 25.7 Å². The Labute approximate surface area is 88.8 Å². The Morgan fingerprint density at radius 3 is 2.29 bits per heavy atom. The first-order chi connectivity index (χ1) is 6.68. The van der Waals surface area contributed by atoms with Crippen LogP contribution in [0.5, 0.6) is 0 Å². The van der Waals surface area contributed by atoms with E-state index >= 15 is 0 Å². The van der Waals surface area contributed by atoms with E-state index in [-0.39, 0.29) is 5.54 Å². The summed E-state index contributed by atoms with van der Waals surface area (Å²) in [5.74, 6) is 0. The summed E-state index contributed by atoms with van der Waals surface area (Å²) in [7, 11) is 0. The van der Waals surface area contributed by atoms with Crippen LogP contribution in [0, 0.1) is 0 Å². The summed E-state index contributed by atoms with van der Waals surface area (Å²) in [6.45, 7) is 8.88. The maximum absolute atomic E-state index is 5.95. The Bertz CT molecular complexity index is 166. The van der Waals surface area contributed by atoms with E-state index in [1.165, 1.54) is 38.6 Å². The minimum absolute atomic E-state index is 0.256. The van der Waals surface area contributed by atoms with Gasteiger partial charge in [-0.3, -0.25) is 4.90 Å². The number of nitrogens with zero attached hydrogens (tertiary/aromatic N) is 1. The molecule has 0 bridgehead atoms. The highest BCUT2D eigenvalue weighted by molar-refractivity contribution is 4.96. The topological polar surface area (TPSA) is 29.3 Å². The Kier molecular flexibility index (Phi) is 4.39. The van der Waals surface area contributed by atoms with Gasteiger partial charge < -0.3 is 5.73 Å². The number of hydrogen-bond donors (Lipinski definition) is 1. The molecule has 14 heavy (non-hydrogen) atoms. The fourth-order valence-electron chi connectivity index (χ4n) is 2.42. The van der Waals surface area contributed by atoms with Crippen LogP contribution in [0.25, 0.3) is 0 Å². The lowest BCUT2D eigenvalue weighted by Crippen LogP contribution is -2.53. The van der Waals surface area contributed by atoms with Crippen LogP contribution >= 0.6 is 0 Å². The Hall–Kier alpha value is -0.0800. The van der Waals surface area contributed by atoms with Gasteiger partial charge >= 0.3 is 0 Å². The van der Waals surface area contributed by atoms with Gasteiger partial charge in [0, 0.05) is 18.1 Å². The van der Waals surface area contributed by atoms with Crippen molar-refractivity contribution in [2.24, 2.45) is 5.73 Å². The number of nitrogens with two attached hydrogens (primary N) is 1. The van der Waals surface area contributed by atoms with Crippen LogP contribution in [0.2, 0.25) is 0 Å². The van der Waals surface area contributed by atoms with Gasteiger partial charge in [-0.2, -0.15) is 0 Å². The summed E-state index contributed by atoms with van der Waals surface area (Å²) in [5.41, 5.74) is 6.20. The first-order valence-corrected chi connectivity index (χ1v) is 6.14. The molecule has 0 heterocycles. The zero-order valence-electron chi connectivity index (χ0n) is 10.1. The smallest absolute Gasteiger partial charge is 0.0306 e. The summed E-state index contributed by atoms with van der Waals surface area (Å²) >= 11 is 0. The van der Waals surface area contributed by atoms with Crippen LogP contribution in [-0.4, -0.2) is 29.6 Å². The third-order valence-electron chi connectivity index (χ3n) is 3.37. The van der Waals surface area contributed by atoms with Gasteiger partial charge in [0.05, 0.1) is 0 Å². The molecule has 0 spiro atoms. The summed E-state index contributed by atoms with van der Waals surface area (Å²) in [4.78, 5) is 2.66. The van der Waals surface area contributed by atoms with Crippen molar-refractivity contribution < 1.29 is 0 Å². The molecule has 1 atom stereocenters. The predicted molar refractivity (Wildman–Crippen MR) is 62.4 cm³/mol. The van der Waals surface area contributed by atoms with E-state index in [1.54, 1.807) is 0 Å². The predicted octanol–water partition coefficient (Wildman–Crippen LogP) is 2.38. The van der Waals surface area contributed by atoms with Gasteiger partial charge in [-0.1, -0.05) is 20.3 Å². The molecule has 0 saturated heterocycles. The lowest BCUT2D eigenvalue weighted by atomic mass is 9.93. The summed E-state index contributed by atoms with van der Waals surface area (Å²) in [6, 6.07) is 0.843. The average Bonchev–Trinajstić information content (AvgIpc) is 2.98. The van der Waals surface area contributed by atoms with Gasteiger partial charge in [0.15, 0.2) is 0 Å². The molecule has 1 aliphatic rings. The third kappa shape index (κ3) is 2.71. The van der Waals surface area contributed by atoms with Crippen LogP contribution in [-0.2, 0) is 0 Å². The minimum Gasteiger partial charge on any atom is -0.329 e. The molecule has 0 aliphatic heterocycles. The van der Waals surface area contributed by atoms with E-state index in [1.807, 2.05) is 0 Å². The molecule has 2 N–H and O–H groups in total. The van der Waals surface area contributed by atoms with Crippen molar-refractivity contribution in [3.05, 3.63) is 0 Å². The van der Waals surface area contributed by atoms with Crippen molar-refractivity contribution in [3.8, 4) is 0 Å². The van der Waals surface area contributed by atoms with Gasteiger partial charge in [-0.25, -0.2) is 0 Å². The largest absolute Gasteiger partial charge is 0.329 e. The van der Waals surface area contributed by atoms with Gasteiger partial charge in [0.25, 0.3) is 0 Å². The Balaban J connectivity index is 2.60. The molecule has 0 aromatic carbocycles. The number of rotatable bonds is 7. The van der Waals surface area contributed by atoms with Crippen molar-refractivity contribution in [2.75, 3.05) is 13.1 Å². The van der Waals surface area contributed by atoms with E-state index in [4.69, 9.17) is 5.73 Å². The second-order valence-electron chi connectivity index (χ2n) is 4.88. The van der Waals surface area contributed by atoms with Gasteiger partial charge in [-0.15, -0.1) is 0 Å². The summed E-state index contributed by atoms with van der Waals surface area (Å²) < 4.78 is 0. The quantitative estimate of drug-likeness (QED) is 0.680. The second kappa shape index (κ2) is 5.13. The summed E-state index contributed by atoms with van der Waals surface area (Å²) in [5, 5.41) is 0. The minimum atomic E-state index is 0.256. The molecule has 1 aliphatic carbocycles. The molecule has 0 aromatic rings. The van der Waals surface area contributed by atoms with Crippen LogP contribution in [0.1, 0.15) is 52.9 Å². The van der Waals surface area contributed by atoms with E-state index in [0.717, 1.165) is 12.6 Å². The lowest BCUT2D eigenvalue weighted by molar-refractivity contribution is 0.0913. The Morgan fingerprint density at radius 1 is 1.29 bits per heavy atom. The second-order valence-corrected chi connectivity index (χ2v) is 4.88. The van der Waals surface area contributed by atoms with E-state index in [9.17, 15) is 0 Å². The fourth-order valence-corrected chi connectivity index (χ4v) is 2.42. The van der Waals surface area contributed by atoms with Gasteiger partial charge in [0.1, 0.15) is 0 Å². The maximum atomic E-state index is 5.95. The molecule has 1 saturated carbocycles. The third-order valence-corrected chi connectivity index (χ3v) is 3.37. The molecule has 0 radical (unpaired) electrons. The van der Waals surface area contributed by atoms with Crippen LogP contribution in [0.3, 0.4) is 0 Å². The van der Waals surface area contributed by atoms with Crippen molar-refractivity contribution in [3.63, 3.8) is 0 Å². The standard InChI is InChI=1S/C12H26N2/c1-4-8-12(3,10-13)14(9-5-2)11-6-7-11/h11H,4-10,13H2,1-3H3. The highest BCUT2D eigenvalue weighted by Gasteiger charge is 2.39. The van der Waals surface area contributed by atoms with E-state index in [0.29, 0.717) is 0 Å². The lowest BCUT2D eigenvalue weighted by Gasteiger charge is -2.41. The number of hydrogen-bond acceptors (Lipinski definition) is 2. The fraction of sp³-hybridized carbons (Fsp3) is 1.00. The van der Waals surface area contributed by atoms with Crippen LogP contribution in [0.15, 0.2) is 0 Å². The highest BCUT2D eigenvalue weighted by Crippen LogP contribution is 2.34. The first kappa shape index (κ1) is 12.0. The molecule has 84 valence electrons. The first-order valence-electron chi connectivity index (χ1n) is 6.14. The summed E-state index contributed by atoms with van der Waals surface area (Å²) in [6.07, 6.45) is 6.50. The molecular weight excluding hydrogens is 172 g/mol. The average molecular weight is 198 g/mol. The van der Waals surface area contributed by atoms with Crippen molar-refractivity contribution in [1.82, 2.24) is 4.90 Å². The SMILES string of the molecule is CCCN(C1CC1)C(C)(CN)CCC. The molecule has 2 heteroatoms. The zero-order chi connectivity index (χ0) is 10.6. The molecular formula is C12H26N2. The molecule has 1 unspecified atom stereocenters. The monoisotopic (exact) mass is 198 g/mol. The van der Waals surface area contributed by atoms with Gasteiger partial charge in [-0.05, 0) is 39.2 Å². The molecule has 0 aromatic heterocycles. The van der Waals surface area contributed by atoms with Gasteiger partial charge in [0.2, 0.25) is 0 Å². The maximum Gasteiger partial charge on any atom is 0.0306 e. The normalized spacial score (nSPS) is 21.2. The van der Waals surface area contributed by atoms with Crippen molar-refractivity contribution in [2.45, 2.75) is 64.5 Å². The van der Waals surface area contributed by atoms with Crippen LogP contribution < -0.4 is 5.73 Å². The van der Waals surface area contributed by atoms with Crippen LogP contribution in [0.4, 0.5) is 0 Å². The molecule has 1 fully saturated rings. The van der Waals surface area contributed by atoms with E-state index < -0.39 is 0 Å².